The molecule has 0 spiro atoms. The summed E-state index contributed by atoms with van der Waals surface area (Å²) >= 11 is 0. The van der Waals surface area contributed by atoms with Gasteiger partial charge in [0.25, 0.3) is 0 Å². The second kappa shape index (κ2) is 3.98. The summed E-state index contributed by atoms with van der Waals surface area (Å²) in [6, 6.07) is 3.59. The monoisotopic (exact) mass is 200 g/mol. The summed E-state index contributed by atoms with van der Waals surface area (Å²) in [6.45, 7) is 5.48. The van der Waals surface area contributed by atoms with E-state index in [1.54, 1.807) is 13.0 Å². The number of aryl methyl sites for hydroxylation is 1. The number of aromatic nitrogens is 2. The van der Waals surface area contributed by atoms with Crippen LogP contribution in [0.3, 0.4) is 0 Å². The lowest BCUT2D eigenvalue weighted by atomic mass is 10.1. The van der Waals surface area contributed by atoms with Gasteiger partial charge in [-0.15, -0.1) is 6.42 Å². The minimum atomic E-state index is -0.527. The summed E-state index contributed by atoms with van der Waals surface area (Å²) in [6.07, 6.45) is 5.33. The van der Waals surface area contributed by atoms with Crippen LogP contribution in [0.15, 0.2) is 6.07 Å². The van der Waals surface area contributed by atoms with Gasteiger partial charge in [0.1, 0.15) is 11.8 Å². The van der Waals surface area contributed by atoms with Crippen LogP contribution in [0.5, 0.6) is 0 Å². The number of nitrogens with one attached hydrogen (secondary N) is 1. The minimum absolute atomic E-state index is 0.331. The molecule has 0 aromatic carbocycles. The van der Waals surface area contributed by atoms with E-state index in [2.05, 4.69) is 21.2 Å². The first kappa shape index (κ1) is 11.0. The lowest BCUT2D eigenvalue weighted by molar-refractivity contribution is 0.727. The molecule has 0 fully saturated rings. The molecule has 0 saturated heterocycles. The summed E-state index contributed by atoms with van der Waals surface area (Å²) < 4.78 is 0. The molecule has 1 heterocycles. The van der Waals surface area contributed by atoms with E-state index in [0.717, 1.165) is 5.69 Å². The highest BCUT2D eigenvalue weighted by Gasteiger charge is 2.15. The van der Waals surface area contributed by atoms with Gasteiger partial charge in [-0.2, -0.15) is 5.26 Å². The molecular formula is C11H12N4. The summed E-state index contributed by atoms with van der Waals surface area (Å²) in [7, 11) is 0. The average Bonchev–Trinajstić information content (AvgIpc) is 2.16. The van der Waals surface area contributed by atoms with Crippen molar-refractivity contribution in [1.29, 1.82) is 5.26 Å². The number of anilines is 1. The molecule has 4 nitrogen and oxygen atoms in total. The second-order valence-electron chi connectivity index (χ2n) is 3.72. The molecule has 0 radical (unpaired) electrons. The highest BCUT2D eigenvalue weighted by atomic mass is 15.1. The van der Waals surface area contributed by atoms with Crippen molar-refractivity contribution in [3.8, 4) is 18.4 Å². The molecule has 0 bridgehead atoms. The molecule has 15 heavy (non-hydrogen) atoms. The van der Waals surface area contributed by atoms with E-state index in [0.29, 0.717) is 11.6 Å². The van der Waals surface area contributed by atoms with Gasteiger partial charge in [0, 0.05) is 5.69 Å². The van der Waals surface area contributed by atoms with E-state index in [9.17, 15) is 0 Å². The minimum Gasteiger partial charge on any atom is -0.338 e. The first-order valence-electron chi connectivity index (χ1n) is 4.48. The third-order valence-corrected chi connectivity index (χ3v) is 1.75. The first-order valence-corrected chi connectivity index (χ1v) is 4.48. The van der Waals surface area contributed by atoms with Crippen molar-refractivity contribution in [2.45, 2.75) is 26.3 Å². The lowest BCUT2D eigenvalue weighted by Gasteiger charge is -2.19. The van der Waals surface area contributed by atoms with E-state index in [-0.39, 0.29) is 0 Å². The number of nitriles is 1. The summed E-state index contributed by atoms with van der Waals surface area (Å²) in [4.78, 5) is 8.15. The Kier molecular flexibility index (Phi) is 2.92. The third kappa shape index (κ3) is 2.96. The fraction of sp³-hybridized carbons (Fsp3) is 0.364. The molecule has 0 aliphatic carbocycles. The molecule has 0 amide bonds. The van der Waals surface area contributed by atoms with E-state index in [1.165, 1.54) is 0 Å². The topological polar surface area (TPSA) is 61.6 Å². The van der Waals surface area contributed by atoms with Crippen LogP contribution in [0.25, 0.3) is 0 Å². The summed E-state index contributed by atoms with van der Waals surface area (Å²) in [5.74, 6) is 2.96. The Labute approximate surface area is 89.4 Å². The number of rotatable bonds is 2. The second-order valence-corrected chi connectivity index (χ2v) is 3.72. The molecule has 0 aliphatic heterocycles. The van der Waals surface area contributed by atoms with Crippen molar-refractivity contribution in [2.24, 2.45) is 0 Å². The zero-order chi connectivity index (χ0) is 11.5. The Hall–Kier alpha value is -2.07. The Morgan fingerprint density at radius 2 is 2.13 bits per heavy atom. The zero-order valence-corrected chi connectivity index (χ0v) is 9.00. The van der Waals surface area contributed by atoms with E-state index >= 15 is 0 Å². The fourth-order valence-corrected chi connectivity index (χ4v) is 0.997. The average molecular weight is 200 g/mol. The SMILES string of the molecule is C#CC(C)(C)Nc1nc(C)cc(C#N)n1. The molecule has 1 aromatic heterocycles. The van der Waals surface area contributed by atoms with Gasteiger partial charge in [0.05, 0.1) is 5.54 Å². The molecule has 4 heteroatoms. The van der Waals surface area contributed by atoms with Crippen LogP contribution in [0.1, 0.15) is 25.2 Å². The molecule has 0 saturated carbocycles. The summed E-state index contributed by atoms with van der Waals surface area (Å²) in [5.41, 5.74) is 0.537. The third-order valence-electron chi connectivity index (χ3n) is 1.75. The predicted octanol–water partition coefficient (Wildman–Crippen LogP) is 1.48. The van der Waals surface area contributed by atoms with Crippen molar-refractivity contribution in [1.82, 2.24) is 9.97 Å². The van der Waals surface area contributed by atoms with Crippen LogP contribution in [-0.4, -0.2) is 15.5 Å². The Morgan fingerprint density at radius 3 is 2.67 bits per heavy atom. The van der Waals surface area contributed by atoms with E-state index in [1.807, 2.05) is 19.9 Å². The van der Waals surface area contributed by atoms with Gasteiger partial charge in [-0.25, -0.2) is 9.97 Å². The number of hydrogen-bond donors (Lipinski definition) is 1. The molecule has 0 atom stereocenters. The van der Waals surface area contributed by atoms with Crippen LogP contribution in [0, 0.1) is 30.6 Å². The van der Waals surface area contributed by atoms with Crippen molar-refractivity contribution < 1.29 is 0 Å². The van der Waals surface area contributed by atoms with Crippen molar-refractivity contribution in [3.63, 3.8) is 0 Å². The van der Waals surface area contributed by atoms with Crippen LogP contribution < -0.4 is 5.32 Å². The molecule has 0 unspecified atom stereocenters. The van der Waals surface area contributed by atoms with Gasteiger partial charge in [-0.3, -0.25) is 0 Å². The Bertz CT molecular complexity index is 449. The zero-order valence-electron chi connectivity index (χ0n) is 9.00. The van der Waals surface area contributed by atoms with Crippen LogP contribution in [0.4, 0.5) is 5.95 Å². The molecule has 76 valence electrons. The van der Waals surface area contributed by atoms with Gasteiger partial charge in [-0.1, -0.05) is 5.92 Å². The van der Waals surface area contributed by atoms with Gasteiger partial charge in [-0.05, 0) is 26.8 Å². The smallest absolute Gasteiger partial charge is 0.225 e. The summed E-state index contributed by atoms with van der Waals surface area (Å²) in [5, 5.41) is 11.7. The predicted molar refractivity (Wildman–Crippen MR) is 58.0 cm³/mol. The maximum absolute atomic E-state index is 8.73. The largest absolute Gasteiger partial charge is 0.338 e. The Morgan fingerprint density at radius 1 is 1.47 bits per heavy atom. The number of terminal acetylenes is 1. The number of hydrogen-bond acceptors (Lipinski definition) is 4. The lowest BCUT2D eigenvalue weighted by Crippen LogP contribution is -2.29. The molecule has 1 N–H and O–H groups in total. The normalized spacial score (nSPS) is 10.2. The van der Waals surface area contributed by atoms with Gasteiger partial charge in [0.15, 0.2) is 0 Å². The molecular weight excluding hydrogens is 188 g/mol. The highest BCUT2D eigenvalue weighted by Crippen LogP contribution is 2.10. The van der Waals surface area contributed by atoms with E-state index in [4.69, 9.17) is 11.7 Å². The first-order chi connectivity index (χ1) is 6.96. The van der Waals surface area contributed by atoms with Gasteiger partial charge in [0.2, 0.25) is 5.95 Å². The van der Waals surface area contributed by atoms with Crippen LogP contribution in [-0.2, 0) is 0 Å². The highest BCUT2D eigenvalue weighted by molar-refractivity contribution is 5.38. The maximum Gasteiger partial charge on any atom is 0.225 e. The van der Waals surface area contributed by atoms with E-state index < -0.39 is 5.54 Å². The fourth-order valence-electron chi connectivity index (χ4n) is 0.997. The van der Waals surface area contributed by atoms with Gasteiger partial charge >= 0.3 is 0 Å². The maximum atomic E-state index is 8.73. The Balaban J connectivity index is 3.03. The van der Waals surface area contributed by atoms with Crippen molar-refractivity contribution in [2.75, 3.05) is 5.32 Å². The standard InChI is InChI=1S/C11H12N4/c1-5-11(3,4)15-10-13-8(2)6-9(7-12)14-10/h1,6H,2-4H3,(H,13,14,15). The quantitative estimate of drug-likeness (QED) is 0.734. The van der Waals surface area contributed by atoms with Crippen LogP contribution >= 0.6 is 0 Å². The number of nitrogens with zero attached hydrogens (tertiary/aromatic N) is 3. The molecule has 1 rings (SSSR count). The molecule has 1 aromatic rings. The van der Waals surface area contributed by atoms with Crippen LogP contribution in [0.2, 0.25) is 0 Å². The van der Waals surface area contributed by atoms with Gasteiger partial charge < -0.3 is 5.32 Å². The molecule has 0 aliphatic rings. The van der Waals surface area contributed by atoms with Crippen molar-refractivity contribution in [3.05, 3.63) is 17.5 Å². The van der Waals surface area contributed by atoms with Crippen molar-refractivity contribution >= 4 is 5.95 Å².